The van der Waals surface area contributed by atoms with Gasteiger partial charge in [0.05, 0.1) is 11.8 Å². The second kappa shape index (κ2) is 7.26. The molecule has 27 heavy (non-hydrogen) atoms. The molecule has 142 valence electrons. The molecule has 0 aliphatic carbocycles. The van der Waals surface area contributed by atoms with Crippen molar-refractivity contribution >= 4 is 29.3 Å². The Balaban J connectivity index is 0.00000180. The summed E-state index contributed by atoms with van der Waals surface area (Å²) in [7, 11) is 0. The number of rotatable bonds is 4. The van der Waals surface area contributed by atoms with Gasteiger partial charge in [-0.3, -0.25) is 4.99 Å². The average molecular weight is 405 g/mol. The highest BCUT2D eigenvalue weighted by atomic mass is 35.5. The van der Waals surface area contributed by atoms with Gasteiger partial charge in [0.2, 0.25) is 6.79 Å². The Morgan fingerprint density at radius 1 is 1.15 bits per heavy atom. The maximum absolute atomic E-state index is 11.8. The van der Waals surface area contributed by atoms with Crippen LogP contribution < -0.4 is 9.47 Å². The van der Waals surface area contributed by atoms with Crippen molar-refractivity contribution in [3.05, 3.63) is 59.7 Å². The molecular weight excluding hydrogens is 384 g/mol. The maximum Gasteiger partial charge on any atom is 0.231 e. The number of benzene rings is 2. The quantitative estimate of drug-likeness (QED) is 0.846. The van der Waals surface area contributed by atoms with Gasteiger partial charge in [-0.1, -0.05) is 48.2 Å². The van der Waals surface area contributed by atoms with Crippen LogP contribution in [0.15, 0.2) is 53.5 Å². The number of ether oxygens (including phenoxy) is 2. The van der Waals surface area contributed by atoms with Crippen molar-refractivity contribution in [2.45, 2.75) is 23.8 Å². The summed E-state index contributed by atoms with van der Waals surface area (Å²) in [5.41, 5.74) is 1.06. The Morgan fingerprint density at radius 3 is 2.81 bits per heavy atom. The van der Waals surface area contributed by atoms with Crippen LogP contribution in [0.25, 0.3) is 0 Å². The van der Waals surface area contributed by atoms with Crippen molar-refractivity contribution in [2.24, 2.45) is 4.99 Å². The summed E-state index contributed by atoms with van der Waals surface area (Å²) in [5, 5.41) is 12.8. The molecule has 0 bridgehead atoms. The number of fused-ring (bicyclic) bond motifs is 2. The first-order valence-electron chi connectivity index (χ1n) is 8.90. The Kier molecular flexibility index (Phi) is 4.97. The number of nitrogens with zero attached hydrogens (tertiary/aromatic N) is 2. The molecule has 2 atom stereocenters. The van der Waals surface area contributed by atoms with Gasteiger partial charge in [-0.05, 0) is 30.5 Å². The molecule has 2 aromatic carbocycles. The molecule has 3 aliphatic rings. The largest absolute Gasteiger partial charge is 0.454 e. The Labute approximate surface area is 168 Å². The molecule has 0 saturated carbocycles. The number of aliphatic imine (C=N–C) groups is 1. The average Bonchev–Trinajstić information content (AvgIpc) is 3.38. The van der Waals surface area contributed by atoms with Gasteiger partial charge in [0.25, 0.3) is 0 Å². The monoisotopic (exact) mass is 404 g/mol. The molecule has 3 aliphatic heterocycles. The van der Waals surface area contributed by atoms with Crippen molar-refractivity contribution in [1.29, 1.82) is 0 Å². The summed E-state index contributed by atoms with van der Waals surface area (Å²) in [6.45, 7) is 1.72. The number of halogens is 1. The molecule has 5 rings (SSSR count). The lowest BCUT2D eigenvalue weighted by Crippen LogP contribution is -2.48. The van der Waals surface area contributed by atoms with Crippen molar-refractivity contribution in [3.63, 3.8) is 0 Å². The van der Waals surface area contributed by atoms with E-state index < -0.39 is 5.72 Å². The topological polar surface area (TPSA) is 54.3 Å². The highest BCUT2D eigenvalue weighted by Gasteiger charge is 2.53. The van der Waals surface area contributed by atoms with Crippen LogP contribution >= 0.6 is 24.2 Å². The SMILES string of the molecule is Cl.OC1(c2ccc3c(c2)OCO3)C(CCc2ccccc2)SC2=NCCN21. The Morgan fingerprint density at radius 2 is 1.96 bits per heavy atom. The minimum absolute atomic E-state index is 0. The number of aliphatic hydroxyl groups is 1. The highest BCUT2D eigenvalue weighted by Crippen LogP contribution is 2.49. The van der Waals surface area contributed by atoms with E-state index in [4.69, 9.17) is 9.47 Å². The minimum Gasteiger partial charge on any atom is -0.454 e. The number of aryl methyl sites for hydroxylation is 1. The van der Waals surface area contributed by atoms with E-state index in [-0.39, 0.29) is 24.4 Å². The summed E-state index contributed by atoms with van der Waals surface area (Å²) in [6.07, 6.45) is 1.79. The minimum atomic E-state index is -1.07. The van der Waals surface area contributed by atoms with Gasteiger partial charge in [-0.2, -0.15) is 0 Å². The lowest BCUT2D eigenvalue weighted by atomic mass is 9.93. The van der Waals surface area contributed by atoms with E-state index in [0.717, 1.165) is 42.4 Å². The second-order valence-electron chi connectivity index (χ2n) is 6.74. The molecule has 2 unspecified atom stereocenters. The predicted octanol–water partition coefficient (Wildman–Crippen LogP) is 3.40. The lowest BCUT2D eigenvalue weighted by molar-refractivity contribution is -0.0672. The van der Waals surface area contributed by atoms with Crippen LogP contribution in [0.1, 0.15) is 17.5 Å². The molecule has 5 nitrogen and oxygen atoms in total. The van der Waals surface area contributed by atoms with Crippen molar-refractivity contribution in [3.8, 4) is 11.5 Å². The van der Waals surface area contributed by atoms with Gasteiger partial charge in [0.1, 0.15) is 0 Å². The van der Waals surface area contributed by atoms with Crippen LogP contribution in [-0.4, -0.2) is 40.3 Å². The zero-order chi connectivity index (χ0) is 17.6. The first-order valence-corrected chi connectivity index (χ1v) is 9.78. The fraction of sp³-hybridized carbons (Fsp3) is 0.350. The molecule has 7 heteroatoms. The van der Waals surface area contributed by atoms with Crippen LogP contribution in [0.5, 0.6) is 11.5 Å². The van der Waals surface area contributed by atoms with E-state index in [1.165, 1.54) is 5.56 Å². The fourth-order valence-electron chi connectivity index (χ4n) is 3.90. The van der Waals surface area contributed by atoms with Crippen LogP contribution in [0.2, 0.25) is 0 Å². The van der Waals surface area contributed by atoms with Gasteiger partial charge in [0.15, 0.2) is 22.4 Å². The summed E-state index contributed by atoms with van der Waals surface area (Å²) < 4.78 is 11.0. The standard InChI is InChI=1S/C20H20N2O3S.ClH/c23-20(15-7-8-16-17(12-15)25-13-24-16)18(26-19-21-10-11-22(19)20)9-6-14-4-2-1-3-5-14;/h1-5,7-8,12,18,23H,6,9-11,13H2;1H. The Bertz CT molecular complexity index is 864. The van der Waals surface area contributed by atoms with E-state index in [2.05, 4.69) is 29.3 Å². The van der Waals surface area contributed by atoms with E-state index in [9.17, 15) is 5.11 Å². The van der Waals surface area contributed by atoms with Crippen LogP contribution in [0.4, 0.5) is 0 Å². The van der Waals surface area contributed by atoms with Crippen molar-refractivity contribution in [1.82, 2.24) is 4.90 Å². The van der Waals surface area contributed by atoms with E-state index in [1.807, 2.05) is 29.2 Å². The molecular formula is C20H21ClN2O3S. The van der Waals surface area contributed by atoms with Crippen LogP contribution in [0, 0.1) is 0 Å². The predicted molar refractivity (Wildman–Crippen MR) is 109 cm³/mol. The van der Waals surface area contributed by atoms with Gasteiger partial charge < -0.3 is 19.5 Å². The normalized spacial score (nSPS) is 25.1. The summed E-state index contributed by atoms with van der Waals surface area (Å²) in [4.78, 5) is 6.63. The number of amidine groups is 1. The number of hydrogen-bond donors (Lipinski definition) is 1. The molecule has 1 saturated heterocycles. The third-order valence-corrected chi connectivity index (χ3v) is 6.65. The van der Waals surface area contributed by atoms with Crippen molar-refractivity contribution in [2.75, 3.05) is 19.9 Å². The lowest BCUT2D eigenvalue weighted by Gasteiger charge is -2.36. The molecule has 3 heterocycles. The van der Waals surface area contributed by atoms with Gasteiger partial charge in [0, 0.05) is 12.1 Å². The summed E-state index contributed by atoms with van der Waals surface area (Å²) in [6, 6.07) is 16.2. The number of thioether (sulfide) groups is 1. The smallest absolute Gasteiger partial charge is 0.231 e. The zero-order valence-electron chi connectivity index (χ0n) is 14.7. The molecule has 0 amide bonds. The first-order chi connectivity index (χ1) is 12.7. The maximum atomic E-state index is 11.8. The third kappa shape index (κ3) is 3.06. The molecule has 1 fully saturated rings. The molecule has 1 N–H and O–H groups in total. The van der Waals surface area contributed by atoms with Gasteiger partial charge in [-0.25, -0.2) is 0 Å². The fourth-order valence-corrected chi connectivity index (χ4v) is 5.34. The molecule has 0 spiro atoms. The molecule has 2 aromatic rings. The van der Waals surface area contributed by atoms with E-state index in [0.29, 0.717) is 5.75 Å². The van der Waals surface area contributed by atoms with Crippen molar-refractivity contribution < 1.29 is 14.6 Å². The van der Waals surface area contributed by atoms with E-state index in [1.54, 1.807) is 11.8 Å². The number of hydrogen-bond acceptors (Lipinski definition) is 6. The van der Waals surface area contributed by atoms with Gasteiger partial charge in [-0.15, -0.1) is 12.4 Å². The summed E-state index contributed by atoms with van der Waals surface area (Å²) >= 11 is 1.69. The van der Waals surface area contributed by atoms with Crippen LogP contribution in [-0.2, 0) is 12.1 Å². The first kappa shape index (κ1) is 18.5. The highest BCUT2D eigenvalue weighted by molar-refractivity contribution is 8.14. The zero-order valence-corrected chi connectivity index (χ0v) is 16.3. The van der Waals surface area contributed by atoms with E-state index >= 15 is 0 Å². The molecule has 0 aromatic heterocycles. The van der Waals surface area contributed by atoms with Gasteiger partial charge >= 0.3 is 0 Å². The third-order valence-electron chi connectivity index (χ3n) is 5.25. The van der Waals surface area contributed by atoms with Crippen LogP contribution in [0.3, 0.4) is 0 Å². The second-order valence-corrected chi connectivity index (χ2v) is 7.91. The molecule has 0 radical (unpaired) electrons. The summed E-state index contributed by atoms with van der Waals surface area (Å²) in [5.74, 6) is 1.44. The Hall–Kier alpha value is -1.89.